The lowest BCUT2D eigenvalue weighted by atomic mass is 10.1. The van der Waals surface area contributed by atoms with Crippen molar-refractivity contribution in [3.8, 4) is 5.75 Å². The van der Waals surface area contributed by atoms with Gasteiger partial charge in [-0.3, -0.25) is 5.32 Å². The lowest BCUT2D eigenvalue weighted by Crippen LogP contribution is -2.07. The fourth-order valence-electron chi connectivity index (χ4n) is 2.33. The molecule has 1 aromatic heterocycles. The number of nitrogens with zero attached hydrogens (tertiary/aromatic N) is 1. The molecule has 0 spiro atoms. The molecule has 2 aromatic carbocycles. The molecule has 1 heterocycles. The zero-order valence-corrected chi connectivity index (χ0v) is 15.3. The number of carboxylic acid groups (broad SMARTS) is 1. The van der Waals surface area contributed by atoms with E-state index < -0.39 is 23.8 Å². The molecule has 136 valence electrons. The highest BCUT2D eigenvalue weighted by Crippen LogP contribution is 2.37. The first kappa shape index (κ1) is 18.6. The molecule has 0 bridgehead atoms. The number of hydrogen-bond acceptors (Lipinski definition) is 4. The van der Waals surface area contributed by atoms with E-state index in [-0.39, 0.29) is 32.0 Å². The molecule has 0 aliphatic rings. The Balaban J connectivity index is 1.94. The summed E-state index contributed by atoms with van der Waals surface area (Å²) in [5, 5.41) is 11.1. The van der Waals surface area contributed by atoms with Crippen molar-refractivity contribution in [1.29, 1.82) is 0 Å². The fraction of sp³-hybridized carbons (Fsp3) is 0.125. The predicted molar refractivity (Wildman–Crippen MR) is 96.7 cm³/mol. The van der Waals surface area contributed by atoms with E-state index in [1.807, 2.05) is 0 Å². The van der Waals surface area contributed by atoms with E-state index >= 15 is 0 Å². The SMILES string of the molecule is CC(Oc1cc2sc(NC(=O)O)nc2cc1F)c1c(F)ccc(Cl)c1Cl. The number of halogens is 4. The minimum atomic E-state index is -1.28. The number of fused-ring (bicyclic) bond motifs is 1. The summed E-state index contributed by atoms with van der Waals surface area (Å²) in [6.07, 6.45) is -2.20. The average Bonchev–Trinajstić information content (AvgIpc) is 2.91. The predicted octanol–water partition coefficient (Wildman–Crippen LogP) is 6.11. The van der Waals surface area contributed by atoms with Gasteiger partial charge in [0.1, 0.15) is 11.9 Å². The Labute approximate surface area is 160 Å². The van der Waals surface area contributed by atoms with Crippen molar-refractivity contribution in [2.45, 2.75) is 13.0 Å². The molecule has 0 aliphatic heterocycles. The van der Waals surface area contributed by atoms with E-state index in [0.29, 0.717) is 4.70 Å². The molecule has 2 N–H and O–H groups in total. The Bertz CT molecular complexity index is 1010. The van der Waals surface area contributed by atoms with Crippen LogP contribution in [0.5, 0.6) is 5.75 Å². The molecule has 0 fully saturated rings. The van der Waals surface area contributed by atoms with Crippen molar-refractivity contribution >= 4 is 56.0 Å². The summed E-state index contributed by atoms with van der Waals surface area (Å²) < 4.78 is 34.4. The molecule has 1 unspecified atom stereocenters. The topological polar surface area (TPSA) is 71.5 Å². The summed E-state index contributed by atoms with van der Waals surface area (Å²) in [4.78, 5) is 14.6. The largest absolute Gasteiger partial charge is 0.483 e. The smallest absolute Gasteiger partial charge is 0.410 e. The third-order valence-corrected chi connectivity index (χ3v) is 5.20. The van der Waals surface area contributed by atoms with Gasteiger partial charge in [-0.1, -0.05) is 34.5 Å². The molecular formula is C16H10Cl2F2N2O3S. The van der Waals surface area contributed by atoms with Crippen LogP contribution in [0.25, 0.3) is 10.2 Å². The van der Waals surface area contributed by atoms with Crippen LogP contribution in [0.15, 0.2) is 24.3 Å². The maximum atomic E-state index is 14.3. The second-order valence-electron chi connectivity index (χ2n) is 5.22. The van der Waals surface area contributed by atoms with E-state index in [4.69, 9.17) is 33.0 Å². The van der Waals surface area contributed by atoms with Gasteiger partial charge in [-0.05, 0) is 19.1 Å². The van der Waals surface area contributed by atoms with Gasteiger partial charge < -0.3 is 9.84 Å². The number of nitrogens with one attached hydrogen (secondary N) is 1. The molecule has 3 aromatic rings. The van der Waals surface area contributed by atoms with Crippen molar-refractivity contribution in [3.63, 3.8) is 0 Å². The molecule has 0 saturated carbocycles. The molecule has 0 aliphatic carbocycles. The zero-order valence-electron chi connectivity index (χ0n) is 13.0. The molecule has 5 nitrogen and oxygen atoms in total. The third kappa shape index (κ3) is 3.67. The van der Waals surface area contributed by atoms with Crippen molar-refractivity contribution < 1.29 is 23.4 Å². The van der Waals surface area contributed by atoms with Gasteiger partial charge in [0.05, 0.1) is 20.3 Å². The first-order valence-electron chi connectivity index (χ1n) is 7.16. The van der Waals surface area contributed by atoms with Crippen LogP contribution in [0.3, 0.4) is 0 Å². The van der Waals surface area contributed by atoms with Gasteiger partial charge in [0, 0.05) is 17.7 Å². The summed E-state index contributed by atoms with van der Waals surface area (Å²) >= 11 is 12.9. The molecule has 3 rings (SSSR count). The van der Waals surface area contributed by atoms with Gasteiger partial charge in [0.15, 0.2) is 16.7 Å². The number of hydrogen-bond donors (Lipinski definition) is 2. The number of carbonyl (C=O) groups is 1. The van der Waals surface area contributed by atoms with Crippen LogP contribution < -0.4 is 10.1 Å². The van der Waals surface area contributed by atoms with E-state index in [1.54, 1.807) is 0 Å². The Morgan fingerprint density at radius 3 is 2.73 bits per heavy atom. The fourth-order valence-corrected chi connectivity index (χ4v) is 3.67. The standard InChI is InChI=1S/C16H10Cl2F2N2O3S/c1-6(13-8(19)3-2-7(17)14(13)18)25-11-5-12-10(4-9(11)20)21-15(26-12)22-16(23)24/h2-6H,1H3,(H,21,22)(H,23,24). The number of rotatable bonds is 4. The summed E-state index contributed by atoms with van der Waals surface area (Å²) in [6.45, 7) is 1.51. The van der Waals surface area contributed by atoms with Gasteiger partial charge in [-0.2, -0.15) is 0 Å². The van der Waals surface area contributed by atoms with Crippen LogP contribution >= 0.6 is 34.5 Å². The number of anilines is 1. The number of ether oxygens (including phenoxy) is 1. The van der Waals surface area contributed by atoms with Gasteiger partial charge in [-0.25, -0.2) is 18.6 Å². The Morgan fingerprint density at radius 1 is 1.31 bits per heavy atom. The van der Waals surface area contributed by atoms with Crippen molar-refractivity contribution in [3.05, 3.63) is 51.5 Å². The van der Waals surface area contributed by atoms with E-state index in [9.17, 15) is 13.6 Å². The van der Waals surface area contributed by atoms with Gasteiger partial charge in [-0.15, -0.1) is 0 Å². The molecule has 0 radical (unpaired) electrons. The highest BCUT2D eigenvalue weighted by Gasteiger charge is 2.21. The van der Waals surface area contributed by atoms with E-state index in [0.717, 1.165) is 23.5 Å². The van der Waals surface area contributed by atoms with Crippen LogP contribution in [-0.2, 0) is 0 Å². The Kier molecular flexibility index (Phi) is 5.17. The molecule has 26 heavy (non-hydrogen) atoms. The van der Waals surface area contributed by atoms with Crippen LogP contribution in [-0.4, -0.2) is 16.2 Å². The average molecular weight is 419 g/mol. The normalized spacial score (nSPS) is 12.2. The highest BCUT2D eigenvalue weighted by molar-refractivity contribution is 7.22. The minimum absolute atomic E-state index is 0.00797. The summed E-state index contributed by atoms with van der Waals surface area (Å²) in [7, 11) is 0. The van der Waals surface area contributed by atoms with E-state index in [2.05, 4.69) is 10.3 Å². The Morgan fingerprint density at radius 2 is 2.04 bits per heavy atom. The molecule has 1 amide bonds. The second kappa shape index (κ2) is 7.22. The molecule has 10 heteroatoms. The lowest BCUT2D eigenvalue weighted by molar-refractivity contribution is 0.209. The first-order chi connectivity index (χ1) is 12.3. The minimum Gasteiger partial charge on any atom is -0.483 e. The third-order valence-electron chi connectivity index (χ3n) is 3.45. The second-order valence-corrected chi connectivity index (χ2v) is 7.03. The maximum absolute atomic E-state index is 14.3. The van der Waals surface area contributed by atoms with Crippen LogP contribution in [0.1, 0.15) is 18.6 Å². The molecule has 1 atom stereocenters. The van der Waals surface area contributed by atoms with Gasteiger partial charge in [0.25, 0.3) is 0 Å². The highest BCUT2D eigenvalue weighted by atomic mass is 35.5. The van der Waals surface area contributed by atoms with Gasteiger partial charge >= 0.3 is 6.09 Å². The number of aromatic nitrogens is 1. The molecular weight excluding hydrogens is 409 g/mol. The number of benzene rings is 2. The molecule has 0 saturated heterocycles. The van der Waals surface area contributed by atoms with Crippen LogP contribution in [0.2, 0.25) is 10.0 Å². The summed E-state index contributed by atoms with van der Waals surface area (Å²) in [5.74, 6) is -1.50. The van der Waals surface area contributed by atoms with Crippen LogP contribution in [0, 0.1) is 11.6 Å². The first-order valence-corrected chi connectivity index (χ1v) is 8.73. The van der Waals surface area contributed by atoms with Crippen LogP contribution in [0.4, 0.5) is 18.7 Å². The van der Waals surface area contributed by atoms with E-state index in [1.165, 1.54) is 19.1 Å². The number of amides is 1. The van der Waals surface area contributed by atoms with Gasteiger partial charge in [0.2, 0.25) is 0 Å². The maximum Gasteiger partial charge on any atom is 0.410 e. The van der Waals surface area contributed by atoms with Crippen molar-refractivity contribution in [2.75, 3.05) is 5.32 Å². The number of thiazole rings is 1. The quantitative estimate of drug-likeness (QED) is 0.501. The summed E-state index contributed by atoms with van der Waals surface area (Å²) in [5.41, 5.74) is 0.277. The lowest BCUT2D eigenvalue weighted by Gasteiger charge is -2.18. The Hall–Kier alpha value is -2.16. The zero-order chi connectivity index (χ0) is 19.0. The van der Waals surface area contributed by atoms with Crippen molar-refractivity contribution in [2.24, 2.45) is 0 Å². The van der Waals surface area contributed by atoms with Crippen molar-refractivity contribution in [1.82, 2.24) is 4.98 Å². The summed E-state index contributed by atoms with van der Waals surface area (Å²) in [6, 6.07) is 4.94. The monoisotopic (exact) mass is 418 g/mol.